The van der Waals surface area contributed by atoms with Crippen LogP contribution in [0.25, 0.3) is 11.1 Å². The number of nitrogens with zero attached hydrogens (tertiary/aromatic N) is 1. The Morgan fingerprint density at radius 1 is 1.23 bits per heavy atom. The van der Waals surface area contributed by atoms with Crippen LogP contribution < -0.4 is 5.73 Å². The van der Waals surface area contributed by atoms with Crippen LogP contribution in [0.3, 0.4) is 0 Å². The largest absolute Gasteiger partial charge is 0.366 e. The molecule has 4 heteroatoms. The molecule has 0 aliphatic rings. The second-order valence-corrected chi connectivity index (χ2v) is 7.82. The van der Waals surface area contributed by atoms with Gasteiger partial charge in [-0.2, -0.15) is 0 Å². The van der Waals surface area contributed by atoms with Crippen LogP contribution in [0.5, 0.6) is 0 Å². The van der Waals surface area contributed by atoms with Crippen molar-refractivity contribution in [2.24, 2.45) is 11.7 Å². The second-order valence-electron chi connectivity index (χ2n) is 7.42. The third kappa shape index (κ3) is 4.50. The lowest BCUT2D eigenvalue weighted by atomic mass is 9.97. The lowest BCUT2D eigenvalue weighted by molar-refractivity contribution is 0.1000. The molecular formula is C22H31ClN2O. The molecule has 0 aliphatic carbocycles. The number of unbranched alkanes of at least 4 members (excludes halogenated alkanes) is 2. The van der Waals surface area contributed by atoms with E-state index in [2.05, 4.69) is 25.3 Å². The summed E-state index contributed by atoms with van der Waals surface area (Å²) in [4.78, 5) is 12.3. The van der Waals surface area contributed by atoms with Crippen molar-refractivity contribution < 1.29 is 4.79 Å². The summed E-state index contributed by atoms with van der Waals surface area (Å²) in [5, 5.41) is 0.660. The van der Waals surface area contributed by atoms with Crippen LogP contribution >= 0.6 is 11.6 Å². The summed E-state index contributed by atoms with van der Waals surface area (Å²) >= 11 is 6.50. The first-order valence-electron chi connectivity index (χ1n) is 9.65. The number of hydrogen-bond donors (Lipinski definition) is 1. The monoisotopic (exact) mass is 374 g/mol. The van der Waals surface area contributed by atoms with E-state index in [0.29, 0.717) is 16.5 Å². The fourth-order valence-electron chi connectivity index (χ4n) is 3.55. The number of aromatic nitrogens is 1. The summed E-state index contributed by atoms with van der Waals surface area (Å²) in [6, 6.07) is 7.73. The average molecular weight is 375 g/mol. The molecule has 2 rings (SSSR count). The van der Waals surface area contributed by atoms with Gasteiger partial charge in [-0.1, -0.05) is 63.4 Å². The highest BCUT2D eigenvalue weighted by Crippen LogP contribution is 2.37. The Balaban J connectivity index is 2.66. The Hall–Kier alpha value is -1.74. The Morgan fingerprint density at radius 3 is 2.50 bits per heavy atom. The molecule has 3 nitrogen and oxygen atoms in total. The zero-order chi connectivity index (χ0) is 19.3. The molecule has 142 valence electrons. The molecule has 0 aliphatic heterocycles. The zero-order valence-corrected chi connectivity index (χ0v) is 17.2. The van der Waals surface area contributed by atoms with Crippen molar-refractivity contribution >= 4 is 17.5 Å². The zero-order valence-electron chi connectivity index (χ0n) is 16.4. The SMILES string of the molecule is CCCCCc1c(-c2ccccc2Cl)c(C(N)=O)c(C)n1CCC(C)C. The van der Waals surface area contributed by atoms with Crippen LogP contribution in [0.1, 0.15) is 68.2 Å². The van der Waals surface area contributed by atoms with Gasteiger partial charge in [0.15, 0.2) is 0 Å². The summed E-state index contributed by atoms with van der Waals surface area (Å²) in [5.74, 6) is 0.221. The maximum absolute atomic E-state index is 12.3. The van der Waals surface area contributed by atoms with Gasteiger partial charge in [0.1, 0.15) is 0 Å². The van der Waals surface area contributed by atoms with Gasteiger partial charge < -0.3 is 10.3 Å². The Labute approximate surface area is 162 Å². The van der Waals surface area contributed by atoms with Gasteiger partial charge >= 0.3 is 0 Å². The van der Waals surface area contributed by atoms with Crippen LogP contribution in [0.2, 0.25) is 5.02 Å². The number of nitrogens with two attached hydrogens (primary N) is 1. The fourth-order valence-corrected chi connectivity index (χ4v) is 3.78. The summed E-state index contributed by atoms with van der Waals surface area (Å²) < 4.78 is 2.30. The predicted octanol–water partition coefficient (Wildman–Crippen LogP) is 5.99. The number of hydrogen-bond acceptors (Lipinski definition) is 1. The number of benzene rings is 1. The molecular weight excluding hydrogens is 344 g/mol. The molecule has 26 heavy (non-hydrogen) atoms. The Kier molecular flexibility index (Phi) is 7.33. The number of carbonyl (C=O) groups excluding carboxylic acids is 1. The normalized spacial score (nSPS) is 11.3. The fraction of sp³-hybridized carbons (Fsp3) is 0.500. The molecule has 0 saturated carbocycles. The topological polar surface area (TPSA) is 48.0 Å². The van der Waals surface area contributed by atoms with E-state index in [1.165, 1.54) is 12.1 Å². The van der Waals surface area contributed by atoms with Gasteiger partial charge in [-0.25, -0.2) is 0 Å². The quantitative estimate of drug-likeness (QED) is 0.538. The van der Waals surface area contributed by atoms with E-state index in [0.717, 1.165) is 49.0 Å². The highest BCUT2D eigenvalue weighted by molar-refractivity contribution is 6.33. The molecule has 1 amide bonds. The maximum atomic E-state index is 12.3. The highest BCUT2D eigenvalue weighted by Gasteiger charge is 2.25. The molecule has 0 unspecified atom stereocenters. The minimum absolute atomic E-state index is 0.377. The molecule has 2 N–H and O–H groups in total. The van der Waals surface area contributed by atoms with Gasteiger partial charge in [-0.15, -0.1) is 0 Å². The Morgan fingerprint density at radius 2 is 1.92 bits per heavy atom. The van der Waals surface area contributed by atoms with Crippen LogP contribution in [0.15, 0.2) is 24.3 Å². The van der Waals surface area contributed by atoms with E-state index in [1.807, 2.05) is 31.2 Å². The lowest BCUT2D eigenvalue weighted by Gasteiger charge is -2.15. The number of carbonyl (C=O) groups is 1. The lowest BCUT2D eigenvalue weighted by Crippen LogP contribution is -2.13. The van der Waals surface area contributed by atoms with Crippen molar-refractivity contribution in [1.82, 2.24) is 4.57 Å². The van der Waals surface area contributed by atoms with Gasteiger partial charge in [0.25, 0.3) is 5.91 Å². The number of halogens is 1. The van der Waals surface area contributed by atoms with Gasteiger partial charge in [-0.05, 0) is 38.2 Å². The van der Waals surface area contributed by atoms with E-state index < -0.39 is 0 Å². The second kappa shape index (κ2) is 9.27. The van der Waals surface area contributed by atoms with E-state index in [9.17, 15) is 4.79 Å². The van der Waals surface area contributed by atoms with Crippen LogP contribution in [0, 0.1) is 12.8 Å². The van der Waals surface area contributed by atoms with Crippen molar-refractivity contribution in [3.63, 3.8) is 0 Å². The van der Waals surface area contributed by atoms with Gasteiger partial charge in [0.2, 0.25) is 0 Å². The molecule has 1 heterocycles. The summed E-state index contributed by atoms with van der Waals surface area (Å²) in [5.41, 5.74) is 10.4. The Bertz CT molecular complexity index is 762. The van der Waals surface area contributed by atoms with Crippen molar-refractivity contribution in [3.05, 3.63) is 46.2 Å². The van der Waals surface area contributed by atoms with Crippen molar-refractivity contribution in [2.45, 2.75) is 66.3 Å². The first-order chi connectivity index (χ1) is 12.4. The number of amides is 1. The molecule has 0 radical (unpaired) electrons. The van der Waals surface area contributed by atoms with E-state index >= 15 is 0 Å². The molecule has 1 aromatic carbocycles. The minimum Gasteiger partial charge on any atom is -0.366 e. The standard InChI is InChI=1S/C22H31ClN2O/c1-5-6-7-12-19-21(17-10-8-9-11-18(17)23)20(22(24)26)16(4)25(19)14-13-15(2)3/h8-11,15H,5-7,12-14H2,1-4H3,(H2,24,26). The smallest absolute Gasteiger partial charge is 0.251 e. The van der Waals surface area contributed by atoms with Crippen LogP contribution in [-0.2, 0) is 13.0 Å². The predicted molar refractivity (Wildman–Crippen MR) is 111 cm³/mol. The molecule has 0 bridgehead atoms. The number of rotatable bonds is 9. The van der Waals surface area contributed by atoms with Gasteiger partial charge in [0, 0.05) is 34.1 Å². The van der Waals surface area contributed by atoms with Crippen molar-refractivity contribution in [3.8, 4) is 11.1 Å². The summed E-state index contributed by atoms with van der Waals surface area (Å²) in [6.45, 7) is 9.55. The molecule has 0 saturated heterocycles. The van der Waals surface area contributed by atoms with E-state index in [-0.39, 0.29) is 5.91 Å². The third-order valence-corrected chi connectivity index (χ3v) is 5.30. The molecule has 2 aromatic rings. The van der Waals surface area contributed by atoms with E-state index in [4.69, 9.17) is 17.3 Å². The first kappa shape index (κ1) is 20.6. The summed E-state index contributed by atoms with van der Waals surface area (Å²) in [6.07, 6.45) is 5.42. The van der Waals surface area contributed by atoms with E-state index in [1.54, 1.807) is 0 Å². The van der Waals surface area contributed by atoms with Gasteiger partial charge in [0.05, 0.1) is 5.56 Å². The van der Waals surface area contributed by atoms with Crippen molar-refractivity contribution in [2.75, 3.05) is 0 Å². The van der Waals surface area contributed by atoms with Gasteiger partial charge in [-0.3, -0.25) is 4.79 Å². The third-order valence-electron chi connectivity index (χ3n) is 4.97. The van der Waals surface area contributed by atoms with Crippen molar-refractivity contribution in [1.29, 1.82) is 0 Å². The molecule has 0 fully saturated rings. The van der Waals surface area contributed by atoms with Crippen LogP contribution in [-0.4, -0.2) is 10.5 Å². The molecule has 1 aromatic heterocycles. The minimum atomic E-state index is -0.377. The maximum Gasteiger partial charge on any atom is 0.251 e. The highest BCUT2D eigenvalue weighted by atomic mass is 35.5. The average Bonchev–Trinajstić information content (AvgIpc) is 2.85. The molecule has 0 spiro atoms. The number of primary amides is 1. The summed E-state index contributed by atoms with van der Waals surface area (Å²) in [7, 11) is 0. The van der Waals surface area contributed by atoms with Crippen LogP contribution in [0.4, 0.5) is 0 Å². The first-order valence-corrected chi connectivity index (χ1v) is 10.0. The molecule has 0 atom stereocenters.